The summed E-state index contributed by atoms with van der Waals surface area (Å²) in [7, 11) is 2.05. The van der Waals surface area contributed by atoms with E-state index >= 15 is 0 Å². The molecule has 0 aliphatic rings. The van der Waals surface area contributed by atoms with Crippen molar-refractivity contribution in [3.05, 3.63) is 0 Å². The van der Waals surface area contributed by atoms with Gasteiger partial charge in [-0.3, -0.25) is 4.79 Å². The molecule has 3 N–H and O–H groups in total. The van der Waals surface area contributed by atoms with Crippen LogP contribution in [0.25, 0.3) is 0 Å². The van der Waals surface area contributed by atoms with E-state index in [0.29, 0.717) is 25.4 Å². The number of likely N-dealkylation sites (N-methyl/N-ethyl adjacent to an activating group) is 1. The lowest BCUT2D eigenvalue weighted by Gasteiger charge is -2.26. The number of rotatable bonds is 7. The molecule has 0 aromatic rings. The molecular weight excluding hydrogens is 202 g/mol. The Bertz CT molecular complexity index is 212. The van der Waals surface area contributed by atoms with E-state index in [-0.39, 0.29) is 5.91 Å². The Balaban J connectivity index is 3.98. The van der Waals surface area contributed by atoms with Gasteiger partial charge in [0.15, 0.2) is 0 Å². The molecule has 0 bridgehead atoms. The smallest absolute Gasteiger partial charge is 0.240 e. The van der Waals surface area contributed by atoms with Gasteiger partial charge in [0.1, 0.15) is 0 Å². The third-order valence-corrected chi connectivity index (χ3v) is 3.35. The van der Waals surface area contributed by atoms with Crippen LogP contribution in [0.1, 0.15) is 40.5 Å². The Kier molecular flexibility index (Phi) is 6.60. The second kappa shape index (κ2) is 6.86. The average molecular weight is 229 g/mol. The number of amides is 1. The summed E-state index contributed by atoms with van der Waals surface area (Å²) in [5.41, 5.74) is 5.29. The number of nitrogens with one attached hydrogen (secondary N) is 1. The topological polar surface area (TPSA) is 58.4 Å². The van der Waals surface area contributed by atoms with Crippen molar-refractivity contribution in [1.29, 1.82) is 0 Å². The fourth-order valence-electron chi connectivity index (χ4n) is 1.35. The minimum absolute atomic E-state index is 0.0327. The molecule has 0 aromatic heterocycles. The summed E-state index contributed by atoms with van der Waals surface area (Å²) in [4.78, 5) is 14.0. The maximum Gasteiger partial charge on any atom is 0.240 e. The molecule has 0 saturated carbocycles. The standard InChI is InChI=1S/C12H27N3O/c1-6-12(13,7-2)11(16)14-8-9-15(5)10(3)4/h10H,6-9,13H2,1-5H3,(H,14,16). The van der Waals surface area contributed by atoms with Gasteiger partial charge in [-0.15, -0.1) is 0 Å². The van der Waals surface area contributed by atoms with Crippen molar-refractivity contribution < 1.29 is 4.79 Å². The summed E-state index contributed by atoms with van der Waals surface area (Å²) >= 11 is 0. The van der Waals surface area contributed by atoms with E-state index in [1.165, 1.54) is 0 Å². The van der Waals surface area contributed by atoms with Crippen molar-refractivity contribution in [3.63, 3.8) is 0 Å². The predicted molar refractivity (Wildman–Crippen MR) is 68.3 cm³/mol. The van der Waals surface area contributed by atoms with Crippen LogP contribution in [0.2, 0.25) is 0 Å². The van der Waals surface area contributed by atoms with E-state index in [4.69, 9.17) is 5.73 Å². The SMILES string of the molecule is CCC(N)(CC)C(=O)NCCN(C)C(C)C. The monoisotopic (exact) mass is 229 g/mol. The summed E-state index contributed by atoms with van der Waals surface area (Å²) in [6.07, 6.45) is 1.35. The summed E-state index contributed by atoms with van der Waals surface area (Å²) in [5, 5.41) is 2.91. The van der Waals surface area contributed by atoms with Gasteiger partial charge < -0.3 is 16.0 Å². The number of nitrogens with zero attached hydrogens (tertiary/aromatic N) is 1. The highest BCUT2D eigenvalue weighted by Crippen LogP contribution is 2.10. The van der Waals surface area contributed by atoms with Gasteiger partial charge in [-0.2, -0.15) is 0 Å². The first kappa shape index (κ1) is 15.4. The van der Waals surface area contributed by atoms with E-state index < -0.39 is 5.54 Å². The van der Waals surface area contributed by atoms with Crippen LogP contribution < -0.4 is 11.1 Å². The van der Waals surface area contributed by atoms with Crippen LogP contribution in [-0.4, -0.2) is 42.5 Å². The second-order valence-corrected chi connectivity index (χ2v) is 4.69. The third-order valence-electron chi connectivity index (χ3n) is 3.35. The molecule has 0 spiro atoms. The molecule has 1 amide bonds. The molecule has 0 radical (unpaired) electrons. The highest BCUT2D eigenvalue weighted by Gasteiger charge is 2.29. The maximum atomic E-state index is 11.8. The number of carbonyl (C=O) groups excluding carboxylic acids is 1. The molecule has 0 aromatic carbocycles. The Morgan fingerprint density at radius 1 is 1.38 bits per heavy atom. The third kappa shape index (κ3) is 4.49. The van der Waals surface area contributed by atoms with Crippen molar-refractivity contribution >= 4 is 5.91 Å². The lowest BCUT2D eigenvalue weighted by molar-refractivity contribution is -0.126. The molecule has 0 unspecified atom stereocenters. The van der Waals surface area contributed by atoms with Crippen LogP contribution >= 0.6 is 0 Å². The molecule has 4 heteroatoms. The van der Waals surface area contributed by atoms with E-state index in [9.17, 15) is 4.79 Å². The average Bonchev–Trinajstić information content (AvgIpc) is 2.27. The molecule has 0 fully saturated rings. The van der Waals surface area contributed by atoms with Gasteiger partial charge in [0, 0.05) is 19.1 Å². The fourth-order valence-corrected chi connectivity index (χ4v) is 1.35. The summed E-state index contributed by atoms with van der Waals surface area (Å²) in [5.74, 6) is -0.0327. The van der Waals surface area contributed by atoms with Gasteiger partial charge in [-0.05, 0) is 33.7 Å². The van der Waals surface area contributed by atoms with Crippen LogP contribution in [0.3, 0.4) is 0 Å². The van der Waals surface area contributed by atoms with Crippen molar-refractivity contribution in [2.75, 3.05) is 20.1 Å². The zero-order valence-electron chi connectivity index (χ0n) is 11.3. The minimum atomic E-state index is -0.698. The Labute approximate surface area is 99.6 Å². The van der Waals surface area contributed by atoms with Crippen LogP contribution in [0.15, 0.2) is 0 Å². The van der Waals surface area contributed by atoms with Gasteiger partial charge in [-0.1, -0.05) is 13.8 Å². The van der Waals surface area contributed by atoms with Crippen molar-refractivity contribution in [2.45, 2.75) is 52.1 Å². The van der Waals surface area contributed by atoms with E-state index in [2.05, 4.69) is 24.1 Å². The molecule has 4 nitrogen and oxygen atoms in total. The molecule has 16 heavy (non-hydrogen) atoms. The van der Waals surface area contributed by atoms with Crippen molar-refractivity contribution in [3.8, 4) is 0 Å². The maximum absolute atomic E-state index is 11.8. The van der Waals surface area contributed by atoms with Gasteiger partial charge in [-0.25, -0.2) is 0 Å². The number of nitrogens with two attached hydrogens (primary N) is 1. The van der Waals surface area contributed by atoms with Crippen molar-refractivity contribution in [2.24, 2.45) is 5.73 Å². The van der Waals surface area contributed by atoms with Gasteiger partial charge in [0.25, 0.3) is 0 Å². The Morgan fingerprint density at radius 3 is 2.25 bits per heavy atom. The first-order chi connectivity index (χ1) is 7.37. The molecular formula is C12H27N3O. The summed E-state index contributed by atoms with van der Waals surface area (Å²) in [6.45, 7) is 9.67. The van der Waals surface area contributed by atoms with Crippen LogP contribution in [-0.2, 0) is 4.79 Å². The molecule has 0 saturated heterocycles. The quantitative estimate of drug-likeness (QED) is 0.683. The molecule has 0 heterocycles. The fraction of sp³-hybridized carbons (Fsp3) is 0.917. The zero-order chi connectivity index (χ0) is 12.8. The van der Waals surface area contributed by atoms with Crippen LogP contribution in [0.5, 0.6) is 0 Å². The molecule has 0 atom stereocenters. The lowest BCUT2D eigenvalue weighted by atomic mass is 9.93. The highest BCUT2D eigenvalue weighted by atomic mass is 16.2. The Morgan fingerprint density at radius 2 is 1.88 bits per heavy atom. The van der Waals surface area contributed by atoms with Crippen LogP contribution in [0.4, 0.5) is 0 Å². The Hall–Kier alpha value is -0.610. The van der Waals surface area contributed by atoms with E-state index in [1.807, 2.05) is 20.9 Å². The highest BCUT2D eigenvalue weighted by molar-refractivity contribution is 5.85. The van der Waals surface area contributed by atoms with Gasteiger partial charge in [0.05, 0.1) is 5.54 Å². The van der Waals surface area contributed by atoms with E-state index in [1.54, 1.807) is 0 Å². The predicted octanol–water partition coefficient (Wildman–Crippen LogP) is 0.960. The second-order valence-electron chi connectivity index (χ2n) is 4.69. The normalized spacial score (nSPS) is 12.2. The van der Waals surface area contributed by atoms with Crippen molar-refractivity contribution in [1.82, 2.24) is 10.2 Å². The molecule has 0 aliphatic carbocycles. The largest absolute Gasteiger partial charge is 0.353 e. The number of carbonyl (C=O) groups is 1. The first-order valence-electron chi connectivity index (χ1n) is 6.14. The first-order valence-corrected chi connectivity index (χ1v) is 6.14. The van der Waals surface area contributed by atoms with Gasteiger partial charge in [0.2, 0.25) is 5.91 Å². The summed E-state index contributed by atoms with van der Waals surface area (Å²) < 4.78 is 0. The molecule has 0 rings (SSSR count). The van der Waals surface area contributed by atoms with Crippen LogP contribution in [0, 0.1) is 0 Å². The lowest BCUT2D eigenvalue weighted by Crippen LogP contribution is -2.54. The minimum Gasteiger partial charge on any atom is -0.353 e. The summed E-state index contributed by atoms with van der Waals surface area (Å²) in [6, 6.07) is 0.497. The number of hydrogen-bond donors (Lipinski definition) is 2. The zero-order valence-corrected chi connectivity index (χ0v) is 11.3. The number of hydrogen-bond acceptors (Lipinski definition) is 3. The van der Waals surface area contributed by atoms with E-state index in [0.717, 1.165) is 6.54 Å². The molecule has 96 valence electrons. The van der Waals surface area contributed by atoms with Gasteiger partial charge >= 0.3 is 0 Å². The molecule has 0 aliphatic heterocycles.